The minimum atomic E-state index is -0.713. The molecule has 0 radical (unpaired) electrons. The summed E-state index contributed by atoms with van der Waals surface area (Å²) in [7, 11) is 0. The minimum Gasteiger partial charge on any atom is -0.384 e. The zero-order valence-electron chi connectivity index (χ0n) is 9.60. The standard InChI is InChI=1S/C15H12ClNO/c16-13-7-3-1-6-11(13)15(18)12-9-17-14-8-4-2-5-10(12)14/h1-9,15,17-18H. The molecule has 0 aliphatic rings. The van der Waals surface area contributed by atoms with Gasteiger partial charge in [0.05, 0.1) is 0 Å². The predicted octanol–water partition coefficient (Wildman–Crippen LogP) is 3.90. The van der Waals surface area contributed by atoms with Crippen LogP contribution in [-0.2, 0) is 0 Å². The first-order valence-corrected chi connectivity index (χ1v) is 6.13. The molecule has 0 spiro atoms. The molecule has 1 aromatic heterocycles. The molecule has 0 saturated carbocycles. The van der Waals surface area contributed by atoms with Crippen LogP contribution in [0, 0.1) is 0 Å². The topological polar surface area (TPSA) is 36.0 Å². The first kappa shape index (κ1) is 11.3. The Hall–Kier alpha value is -1.77. The monoisotopic (exact) mass is 257 g/mol. The van der Waals surface area contributed by atoms with Gasteiger partial charge in [0.15, 0.2) is 0 Å². The van der Waals surface area contributed by atoms with Gasteiger partial charge in [0.1, 0.15) is 6.10 Å². The number of benzene rings is 2. The Morgan fingerprint density at radius 1 is 0.944 bits per heavy atom. The van der Waals surface area contributed by atoms with Crippen LogP contribution in [0.2, 0.25) is 5.02 Å². The third-order valence-corrected chi connectivity index (χ3v) is 3.46. The summed E-state index contributed by atoms with van der Waals surface area (Å²) in [4.78, 5) is 3.16. The third-order valence-electron chi connectivity index (χ3n) is 3.12. The number of para-hydroxylation sites is 1. The molecule has 2 aromatic carbocycles. The van der Waals surface area contributed by atoms with E-state index in [-0.39, 0.29) is 0 Å². The van der Waals surface area contributed by atoms with Crippen molar-refractivity contribution in [2.75, 3.05) is 0 Å². The molecule has 18 heavy (non-hydrogen) atoms. The smallest absolute Gasteiger partial charge is 0.108 e. The number of halogens is 1. The molecule has 3 heteroatoms. The highest BCUT2D eigenvalue weighted by Crippen LogP contribution is 2.32. The van der Waals surface area contributed by atoms with Gasteiger partial charge in [-0.15, -0.1) is 0 Å². The van der Waals surface area contributed by atoms with Crippen LogP contribution in [-0.4, -0.2) is 10.1 Å². The van der Waals surface area contributed by atoms with E-state index in [1.165, 1.54) is 0 Å². The molecule has 2 N–H and O–H groups in total. The van der Waals surface area contributed by atoms with Crippen molar-refractivity contribution >= 4 is 22.5 Å². The van der Waals surface area contributed by atoms with Crippen LogP contribution in [0.5, 0.6) is 0 Å². The highest BCUT2D eigenvalue weighted by molar-refractivity contribution is 6.31. The summed E-state index contributed by atoms with van der Waals surface area (Å²) >= 11 is 6.12. The van der Waals surface area contributed by atoms with Crippen molar-refractivity contribution in [3.63, 3.8) is 0 Å². The number of H-pyrrole nitrogens is 1. The van der Waals surface area contributed by atoms with Gasteiger partial charge in [-0.2, -0.15) is 0 Å². The Kier molecular flexibility index (Phi) is 2.82. The Morgan fingerprint density at radius 3 is 2.50 bits per heavy atom. The molecule has 3 rings (SSSR count). The molecule has 0 aliphatic heterocycles. The van der Waals surface area contributed by atoms with E-state index in [1.807, 2.05) is 48.7 Å². The zero-order valence-corrected chi connectivity index (χ0v) is 10.4. The fourth-order valence-corrected chi connectivity index (χ4v) is 2.42. The normalized spacial score (nSPS) is 12.8. The molecule has 90 valence electrons. The van der Waals surface area contributed by atoms with Gasteiger partial charge in [-0.05, 0) is 12.1 Å². The van der Waals surface area contributed by atoms with E-state index in [9.17, 15) is 5.11 Å². The number of fused-ring (bicyclic) bond motifs is 1. The van der Waals surface area contributed by atoms with Gasteiger partial charge in [-0.25, -0.2) is 0 Å². The molecular weight excluding hydrogens is 246 g/mol. The van der Waals surface area contributed by atoms with Crippen molar-refractivity contribution in [3.8, 4) is 0 Å². The van der Waals surface area contributed by atoms with Gasteiger partial charge in [0.25, 0.3) is 0 Å². The number of nitrogens with one attached hydrogen (secondary N) is 1. The van der Waals surface area contributed by atoms with Gasteiger partial charge in [0.2, 0.25) is 0 Å². The number of hydrogen-bond acceptors (Lipinski definition) is 1. The maximum Gasteiger partial charge on any atom is 0.108 e. The maximum atomic E-state index is 10.5. The van der Waals surface area contributed by atoms with E-state index in [0.29, 0.717) is 5.02 Å². The lowest BCUT2D eigenvalue weighted by Gasteiger charge is -2.11. The first-order chi connectivity index (χ1) is 8.77. The molecule has 0 fully saturated rings. The van der Waals surface area contributed by atoms with Crippen LogP contribution in [0.1, 0.15) is 17.2 Å². The highest BCUT2D eigenvalue weighted by atomic mass is 35.5. The van der Waals surface area contributed by atoms with Gasteiger partial charge in [0, 0.05) is 33.2 Å². The quantitative estimate of drug-likeness (QED) is 0.718. The summed E-state index contributed by atoms with van der Waals surface area (Å²) in [6.07, 6.45) is 1.12. The molecule has 1 unspecified atom stereocenters. The summed E-state index contributed by atoms with van der Waals surface area (Å²) in [5.41, 5.74) is 2.58. The largest absolute Gasteiger partial charge is 0.384 e. The van der Waals surface area contributed by atoms with Crippen molar-refractivity contribution in [3.05, 3.63) is 70.9 Å². The van der Waals surface area contributed by atoms with E-state index < -0.39 is 6.10 Å². The van der Waals surface area contributed by atoms with Crippen LogP contribution in [0.3, 0.4) is 0 Å². The van der Waals surface area contributed by atoms with Gasteiger partial charge in [-0.1, -0.05) is 48.0 Å². The van der Waals surface area contributed by atoms with Crippen LogP contribution in [0.15, 0.2) is 54.7 Å². The van der Waals surface area contributed by atoms with Crippen molar-refractivity contribution in [2.24, 2.45) is 0 Å². The lowest BCUT2D eigenvalue weighted by Crippen LogP contribution is -1.99. The van der Waals surface area contributed by atoms with Gasteiger partial charge in [-0.3, -0.25) is 0 Å². The average molecular weight is 258 g/mol. The SMILES string of the molecule is OC(c1ccccc1Cl)c1c[nH]c2ccccc12. The number of aromatic nitrogens is 1. The van der Waals surface area contributed by atoms with Crippen molar-refractivity contribution in [1.82, 2.24) is 4.98 Å². The second-order valence-electron chi connectivity index (χ2n) is 4.21. The molecule has 0 saturated heterocycles. The molecular formula is C15H12ClNO. The first-order valence-electron chi connectivity index (χ1n) is 5.76. The van der Waals surface area contributed by atoms with E-state index in [1.54, 1.807) is 6.07 Å². The van der Waals surface area contributed by atoms with E-state index >= 15 is 0 Å². The molecule has 0 amide bonds. The average Bonchev–Trinajstić information content (AvgIpc) is 2.82. The van der Waals surface area contributed by atoms with E-state index in [4.69, 9.17) is 11.6 Å². The Balaban J connectivity index is 2.13. The zero-order chi connectivity index (χ0) is 12.5. The number of aromatic amines is 1. The Labute approximate surface area is 110 Å². The number of hydrogen-bond donors (Lipinski definition) is 2. The van der Waals surface area contributed by atoms with Crippen LogP contribution < -0.4 is 0 Å². The van der Waals surface area contributed by atoms with Crippen molar-refractivity contribution in [2.45, 2.75) is 6.10 Å². The summed E-state index contributed by atoms with van der Waals surface area (Å²) in [5.74, 6) is 0. The summed E-state index contributed by atoms with van der Waals surface area (Å²) in [6, 6.07) is 15.2. The summed E-state index contributed by atoms with van der Waals surface area (Å²) in [5, 5.41) is 12.1. The maximum absolute atomic E-state index is 10.5. The lowest BCUT2D eigenvalue weighted by molar-refractivity contribution is 0.222. The van der Waals surface area contributed by atoms with E-state index in [2.05, 4.69) is 4.98 Å². The van der Waals surface area contributed by atoms with Crippen LogP contribution in [0.4, 0.5) is 0 Å². The second kappa shape index (κ2) is 4.48. The highest BCUT2D eigenvalue weighted by Gasteiger charge is 2.16. The molecule has 1 heterocycles. The Bertz CT molecular complexity index is 690. The molecule has 3 aromatic rings. The van der Waals surface area contributed by atoms with Crippen molar-refractivity contribution in [1.29, 1.82) is 0 Å². The second-order valence-corrected chi connectivity index (χ2v) is 4.62. The molecule has 0 aliphatic carbocycles. The van der Waals surface area contributed by atoms with Crippen LogP contribution >= 0.6 is 11.6 Å². The third kappa shape index (κ3) is 1.80. The Morgan fingerprint density at radius 2 is 1.67 bits per heavy atom. The lowest BCUT2D eigenvalue weighted by atomic mass is 10.0. The van der Waals surface area contributed by atoms with Crippen LogP contribution in [0.25, 0.3) is 10.9 Å². The fourth-order valence-electron chi connectivity index (χ4n) is 2.18. The van der Waals surface area contributed by atoms with E-state index in [0.717, 1.165) is 22.0 Å². The summed E-state index contributed by atoms with van der Waals surface area (Å²) < 4.78 is 0. The summed E-state index contributed by atoms with van der Waals surface area (Å²) in [6.45, 7) is 0. The minimum absolute atomic E-state index is 0.579. The number of aliphatic hydroxyl groups is 1. The van der Waals surface area contributed by atoms with Crippen molar-refractivity contribution < 1.29 is 5.11 Å². The van der Waals surface area contributed by atoms with Gasteiger partial charge < -0.3 is 10.1 Å². The van der Waals surface area contributed by atoms with Gasteiger partial charge >= 0.3 is 0 Å². The number of rotatable bonds is 2. The fraction of sp³-hybridized carbons (Fsp3) is 0.0667. The molecule has 1 atom stereocenters. The molecule has 2 nitrogen and oxygen atoms in total. The molecule has 0 bridgehead atoms. The predicted molar refractivity (Wildman–Crippen MR) is 73.8 cm³/mol. The number of aliphatic hydroxyl groups excluding tert-OH is 1.